The van der Waals surface area contributed by atoms with E-state index in [1.807, 2.05) is 19.9 Å². The minimum absolute atomic E-state index is 0.245. The maximum absolute atomic E-state index is 12.2. The molecule has 2 aromatic rings. The van der Waals surface area contributed by atoms with E-state index in [-0.39, 0.29) is 5.75 Å². The summed E-state index contributed by atoms with van der Waals surface area (Å²) < 4.78 is 40.4. The molecule has 0 saturated heterocycles. The molecule has 0 bridgehead atoms. The fourth-order valence-electron chi connectivity index (χ4n) is 1.64. The van der Waals surface area contributed by atoms with Gasteiger partial charge in [-0.15, -0.1) is 13.2 Å². The minimum Gasteiger partial charge on any atom is -0.406 e. The van der Waals surface area contributed by atoms with Crippen molar-refractivity contribution >= 4 is 0 Å². The second kappa shape index (κ2) is 4.91. The van der Waals surface area contributed by atoms with E-state index < -0.39 is 6.36 Å². The molecule has 0 unspecified atom stereocenters. The number of benzene rings is 1. The fraction of sp³-hybridized carbons (Fsp3) is 0.214. The zero-order valence-corrected chi connectivity index (χ0v) is 10.5. The van der Waals surface area contributed by atoms with Gasteiger partial charge in [-0.25, -0.2) is 0 Å². The van der Waals surface area contributed by atoms with E-state index >= 15 is 0 Å². The van der Waals surface area contributed by atoms with Crippen molar-refractivity contribution in [2.75, 3.05) is 0 Å². The first-order valence-electron chi connectivity index (χ1n) is 5.65. The van der Waals surface area contributed by atoms with Gasteiger partial charge < -0.3 is 4.74 Å². The molecule has 2 rings (SSSR count). The third-order valence-corrected chi connectivity index (χ3v) is 2.71. The largest absolute Gasteiger partial charge is 0.573 e. The van der Waals surface area contributed by atoms with Crippen LogP contribution < -0.4 is 4.74 Å². The third kappa shape index (κ3) is 3.47. The first-order chi connectivity index (χ1) is 8.85. The third-order valence-electron chi connectivity index (χ3n) is 2.71. The number of pyridine rings is 1. The summed E-state index contributed by atoms with van der Waals surface area (Å²) in [5, 5.41) is 0. The first-order valence-corrected chi connectivity index (χ1v) is 5.65. The smallest absolute Gasteiger partial charge is 0.406 e. The maximum atomic E-state index is 12.2. The van der Waals surface area contributed by atoms with E-state index in [1.165, 1.54) is 18.2 Å². The van der Waals surface area contributed by atoms with Gasteiger partial charge in [0, 0.05) is 11.3 Å². The highest BCUT2D eigenvalue weighted by Crippen LogP contribution is 2.27. The molecular weight excluding hydrogens is 255 g/mol. The Kier molecular flexibility index (Phi) is 3.46. The van der Waals surface area contributed by atoms with Crippen molar-refractivity contribution in [1.29, 1.82) is 0 Å². The number of halogens is 3. The lowest BCUT2D eigenvalue weighted by Crippen LogP contribution is -2.17. The number of aryl methyl sites for hydroxylation is 2. The average molecular weight is 267 g/mol. The highest BCUT2D eigenvalue weighted by atomic mass is 19.4. The van der Waals surface area contributed by atoms with Gasteiger partial charge in [0.25, 0.3) is 0 Å². The van der Waals surface area contributed by atoms with Crippen LogP contribution in [0.1, 0.15) is 11.3 Å². The molecular formula is C14H12F3NO. The van der Waals surface area contributed by atoms with Gasteiger partial charge in [0.2, 0.25) is 0 Å². The molecule has 0 aliphatic rings. The summed E-state index contributed by atoms with van der Waals surface area (Å²) in [6.45, 7) is 3.78. The van der Waals surface area contributed by atoms with Crippen LogP contribution in [0.25, 0.3) is 11.3 Å². The Morgan fingerprint density at radius 3 is 2.42 bits per heavy atom. The number of aromatic nitrogens is 1. The van der Waals surface area contributed by atoms with Crippen molar-refractivity contribution in [3.05, 3.63) is 47.7 Å². The molecule has 5 heteroatoms. The minimum atomic E-state index is -4.69. The number of hydrogen-bond acceptors (Lipinski definition) is 2. The van der Waals surface area contributed by atoms with E-state index in [0.29, 0.717) is 11.3 Å². The van der Waals surface area contributed by atoms with Gasteiger partial charge in [0.05, 0.1) is 5.69 Å². The van der Waals surface area contributed by atoms with E-state index in [2.05, 4.69) is 9.72 Å². The second-order valence-electron chi connectivity index (χ2n) is 4.17. The number of alkyl halides is 3. The Bertz CT molecular complexity index is 593. The van der Waals surface area contributed by atoms with Gasteiger partial charge in [-0.3, -0.25) is 4.98 Å². The topological polar surface area (TPSA) is 22.1 Å². The van der Waals surface area contributed by atoms with Gasteiger partial charge >= 0.3 is 6.36 Å². The highest BCUT2D eigenvalue weighted by molar-refractivity contribution is 5.61. The Morgan fingerprint density at radius 2 is 1.79 bits per heavy atom. The molecule has 1 heterocycles. The van der Waals surface area contributed by atoms with Crippen molar-refractivity contribution in [3.63, 3.8) is 0 Å². The van der Waals surface area contributed by atoms with Crippen LogP contribution in [0.3, 0.4) is 0 Å². The van der Waals surface area contributed by atoms with Crippen molar-refractivity contribution < 1.29 is 17.9 Å². The number of rotatable bonds is 2. The first kappa shape index (κ1) is 13.4. The quantitative estimate of drug-likeness (QED) is 0.810. The maximum Gasteiger partial charge on any atom is 0.573 e. The van der Waals surface area contributed by atoms with Gasteiger partial charge in [-0.2, -0.15) is 0 Å². The summed E-state index contributed by atoms with van der Waals surface area (Å²) in [5.74, 6) is -0.245. The van der Waals surface area contributed by atoms with Gasteiger partial charge in [0.1, 0.15) is 5.75 Å². The molecule has 100 valence electrons. The van der Waals surface area contributed by atoms with Crippen LogP contribution in [-0.2, 0) is 0 Å². The standard InChI is InChI=1S/C14H12F3NO/c1-9-6-7-13(18-10(9)2)11-4-3-5-12(8-11)19-14(15,16)17/h3-8H,1-2H3. The van der Waals surface area contributed by atoms with E-state index in [1.54, 1.807) is 12.1 Å². The summed E-state index contributed by atoms with van der Waals surface area (Å²) in [7, 11) is 0. The van der Waals surface area contributed by atoms with Crippen molar-refractivity contribution in [2.45, 2.75) is 20.2 Å². The summed E-state index contributed by atoms with van der Waals surface area (Å²) in [5.41, 5.74) is 3.09. The van der Waals surface area contributed by atoms with Crippen LogP contribution >= 0.6 is 0 Å². The molecule has 1 aromatic carbocycles. The number of hydrogen-bond donors (Lipinski definition) is 0. The fourth-order valence-corrected chi connectivity index (χ4v) is 1.64. The molecule has 0 aliphatic heterocycles. The molecule has 0 radical (unpaired) electrons. The Hall–Kier alpha value is -2.04. The van der Waals surface area contributed by atoms with Crippen LogP contribution in [0.2, 0.25) is 0 Å². The lowest BCUT2D eigenvalue weighted by molar-refractivity contribution is -0.274. The van der Waals surface area contributed by atoms with Crippen LogP contribution in [-0.4, -0.2) is 11.3 Å². The second-order valence-corrected chi connectivity index (χ2v) is 4.17. The summed E-state index contributed by atoms with van der Waals surface area (Å²) in [4.78, 5) is 4.34. The predicted octanol–water partition coefficient (Wildman–Crippen LogP) is 4.26. The monoisotopic (exact) mass is 267 g/mol. The molecule has 0 saturated carbocycles. The molecule has 0 atom stereocenters. The molecule has 0 aliphatic carbocycles. The predicted molar refractivity (Wildman–Crippen MR) is 65.8 cm³/mol. The van der Waals surface area contributed by atoms with Crippen molar-refractivity contribution in [2.24, 2.45) is 0 Å². The molecule has 0 amide bonds. The van der Waals surface area contributed by atoms with E-state index in [4.69, 9.17) is 0 Å². The molecule has 2 nitrogen and oxygen atoms in total. The Balaban J connectivity index is 2.35. The van der Waals surface area contributed by atoms with Crippen LogP contribution in [0.5, 0.6) is 5.75 Å². The van der Waals surface area contributed by atoms with Crippen LogP contribution in [0, 0.1) is 13.8 Å². The van der Waals surface area contributed by atoms with Gasteiger partial charge in [-0.1, -0.05) is 18.2 Å². The van der Waals surface area contributed by atoms with Crippen LogP contribution in [0.4, 0.5) is 13.2 Å². The SMILES string of the molecule is Cc1ccc(-c2cccc(OC(F)(F)F)c2)nc1C. The van der Waals surface area contributed by atoms with Crippen molar-refractivity contribution in [3.8, 4) is 17.0 Å². The zero-order valence-electron chi connectivity index (χ0n) is 10.5. The number of nitrogens with zero attached hydrogens (tertiary/aromatic N) is 1. The Labute approximate surface area is 108 Å². The normalized spacial score (nSPS) is 11.4. The van der Waals surface area contributed by atoms with Gasteiger partial charge in [-0.05, 0) is 37.6 Å². The number of ether oxygens (including phenoxy) is 1. The lowest BCUT2D eigenvalue weighted by atomic mass is 10.1. The molecule has 0 N–H and O–H groups in total. The molecule has 1 aromatic heterocycles. The van der Waals surface area contributed by atoms with Crippen molar-refractivity contribution in [1.82, 2.24) is 4.98 Å². The lowest BCUT2D eigenvalue weighted by Gasteiger charge is -2.10. The highest BCUT2D eigenvalue weighted by Gasteiger charge is 2.31. The average Bonchev–Trinajstić information content (AvgIpc) is 2.31. The molecule has 0 fully saturated rings. The van der Waals surface area contributed by atoms with Gasteiger partial charge in [0.15, 0.2) is 0 Å². The molecule has 0 spiro atoms. The summed E-state index contributed by atoms with van der Waals surface area (Å²) in [6, 6.07) is 9.44. The zero-order chi connectivity index (χ0) is 14.0. The molecule has 19 heavy (non-hydrogen) atoms. The summed E-state index contributed by atoms with van der Waals surface area (Å²) in [6.07, 6.45) is -4.69. The Morgan fingerprint density at radius 1 is 1.05 bits per heavy atom. The summed E-state index contributed by atoms with van der Waals surface area (Å²) >= 11 is 0. The van der Waals surface area contributed by atoms with E-state index in [0.717, 1.165) is 11.3 Å². The van der Waals surface area contributed by atoms with Crippen LogP contribution in [0.15, 0.2) is 36.4 Å². The van der Waals surface area contributed by atoms with E-state index in [9.17, 15) is 13.2 Å².